The lowest BCUT2D eigenvalue weighted by Crippen LogP contribution is -2.29. The zero-order valence-corrected chi connectivity index (χ0v) is 37.5. The summed E-state index contributed by atoms with van der Waals surface area (Å²) in [4.78, 5) is 35.1. The molecule has 0 bridgehead atoms. The number of carbonyl (C=O) groups is 2. The number of aliphatic hydroxyl groups is 2. The summed E-state index contributed by atoms with van der Waals surface area (Å²) >= 11 is 0. The SMILES string of the molecule is CCCCC/C=C/C/C=C/CCCCCCCCCC(=O)OC[C@H](COP(=O)(O)OC[C@@H](O)CO)OC(=O)CCCCCCCCCCCCCCCCCCC. The van der Waals surface area contributed by atoms with Crippen LogP contribution in [0.25, 0.3) is 0 Å². The molecule has 0 rings (SSSR count). The van der Waals surface area contributed by atoms with Crippen molar-refractivity contribution in [2.75, 3.05) is 26.4 Å². The van der Waals surface area contributed by atoms with Crippen molar-refractivity contribution < 1.29 is 47.8 Å². The van der Waals surface area contributed by atoms with Gasteiger partial charge in [0.05, 0.1) is 19.8 Å². The molecule has 0 heterocycles. The third-order valence-electron chi connectivity index (χ3n) is 10.1. The molecular weight excluding hydrogens is 743 g/mol. The second-order valence-electron chi connectivity index (χ2n) is 15.8. The van der Waals surface area contributed by atoms with Crippen molar-refractivity contribution in [3.8, 4) is 0 Å². The van der Waals surface area contributed by atoms with Crippen LogP contribution in [-0.4, -0.2) is 65.7 Å². The van der Waals surface area contributed by atoms with E-state index in [0.29, 0.717) is 12.8 Å². The number of hydrogen-bond donors (Lipinski definition) is 3. The van der Waals surface area contributed by atoms with Gasteiger partial charge < -0.3 is 24.6 Å². The van der Waals surface area contributed by atoms with Crippen LogP contribution in [-0.2, 0) is 32.7 Å². The Morgan fingerprint density at radius 3 is 1.39 bits per heavy atom. The molecule has 0 spiro atoms. The predicted molar refractivity (Wildman–Crippen MR) is 233 cm³/mol. The maximum atomic E-state index is 12.6. The highest BCUT2D eigenvalue weighted by atomic mass is 31.2. The molecule has 10 nitrogen and oxygen atoms in total. The van der Waals surface area contributed by atoms with E-state index in [4.69, 9.17) is 23.6 Å². The molecule has 0 aromatic carbocycles. The minimum absolute atomic E-state index is 0.187. The maximum Gasteiger partial charge on any atom is 0.472 e. The van der Waals surface area contributed by atoms with Crippen molar-refractivity contribution in [2.45, 2.75) is 232 Å². The summed E-state index contributed by atoms with van der Waals surface area (Å²) < 4.78 is 32.8. The van der Waals surface area contributed by atoms with Gasteiger partial charge in [-0.1, -0.05) is 186 Å². The molecule has 3 N–H and O–H groups in total. The lowest BCUT2D eigenvalue weighted by atomic mass is 10.0. The molecule has 336 valence electrons. The van der Waals surface area contributed by atoms with Crippen LogP contribution < -0.4 is 0 Å². The normalized spacial score (nSPS) is 14.0. The van der Waals surface area contributed by atoms with E-state index >= 15 is 0 Å². The maximum absolute atomic E-state index is 12.6. The molecule has 0 fully saturated rings. The summed E-state index contributed by atoms with van der Waals surface area (Å²) in [6.07, 6.45) is 42.8. The number of phosphoric ester groups is 1. The van der Waals surface area contributed by atoms with Gasteiger partial charge in [0, 0.05) is 12.8 Å². The fourth-order valence-corrected chi connectivity index (χ4v) is 7.28. The molecule has 0 saturated carbocycles. The summed E-state index contributed by atoms with van der Waals surface area (Å²) in [5.74, 6) is -0.923. The average molecular weight is 831 g/mol. The Kier molecular flexibility index (Phi) is 41.4. The van der Waals surface area contributed by atoms with Crippen molar-refractivity contribution >= 4 is 19.8 Å². The van der Waals surface area contributed by atoms with Crippen LogP contribution in [0.3, 0.4) is 0 Å². The van der Waals surface area contributed by atoms with E-state index in [0.717, 1.165) is 51.4 Å². The molecule has 0 aliphatic carbocycles. The van der Waals surface area contributed by atoms with Crippen LogP contribution in [0, 0.1) is 0 Å². The monoisotopic (exact) mass is 831 g/mol. The van der Waals surface area contributed by atoms with Gasteiger partial charge in [0.25, 0.3) is 0 Å². The molecular formula is C46H87O10P. The Morgan fingerprint density at radius 2 is 0.912 bits per heavy atom. The fraction of sp³-hybridized carbons (Fsp3) is 0.870. The van der Waals surface area contributed by atoms with Crippen LogP contribution in [0.2, 0.25) is 0 Å². The van der Waals surface area contributed by atoms with Crippen molar-refractivity contribution in [3.05, 3.63) is 24.3 Å². The third kappa shape index (κ3) is 42.4. The number of hydrogen-bond acceptors (Lipinski definition) is 9. The van der Waals surface area contributed by atoms with Gasteiger partial charge in [-0.3, -0.25) is 18.6 Å². The number of phosphoric acid groups is 1. The molecule has 0 aliphatic heterocycles. The van der Waals surface area contributed by atoms with Crippen molar-refractivity contribution in [3.63, 3.8) is 0 Å². The molecule has 57 heavy (non-hydrogen) atoms. The first-order valence-corrected chi connectivity index (χ1v) is 24.8. The van der Waals surface area contributed by atoms with Crippen LogP contribution in [0.5, 0.6) is 0 Å². The van der Waals surface area contributed by atoms with E-state index in [1.54, 1.807) is 0 Å². The Hall–Kier alpha value is -1.55. The van der Waals surface area contributed by atoms with Gasteiger partial charge in [-0.15, -0.1) is 0 Å². The number of unbranched alkanes of at least 4 members (excludes halogenated alkanes) is 26. The molecule has 0 aliphatic rings. The minimum Gasteiger partial charge on any atom is -0.462 e. The average Bonchev–Trinajstić information content (AvgIpc) is 3.20. The van der Waals surface area contributed by atoms with E-state index in [9.17, 15) is 24.2 Å². The van der Waals surface area contributed by atoms with E-state index in [2.05, 4.69) is 38.2 Å². The number of aliphatic hydroxyl groups excluding tert-OH is 2. The zero-order chi connectivity index (χ0) is 41.9. The Bertz CT molecular complexity index is 1000. The molecule has 11 heteroatoms. The molecule has 0 aromatic heterocycles. The van der Waals surface area contributed by atoms with E-state index < -0.39 is 51.8 Å². The van der Waals surface area contributed by atoms with Crippen LogP contribution in [0.15, 0.2) is 24.3 Å². The minimum atomic E-state index is -4.62. The van der Waals surface area contributed by atoms with Gasteiger partial charge >= 0.3 is 19.8 Å². The number of allylic oxidation sites excluding steroid dienone is 4. The number of ether oxygens (including phenoxy) is 2. The quantitative estimate of drug-likeness (QED) is 0.0234. The number of carbonyl (C=O) groups excluding carboxylic acids is 2. The Morgan fingerprint density at radius 1 is 0.526 bits per heavy atom. The summed E-state index contributed by atoms with van der Waals surface area (Å²) in [6.45, 7) is 2.38. The molecule has 0 radical (unpaired) electrons. The number of rotatable bonds is 44. The van der Waals surface area contributed by atoms with E-state index in [-0.39, 0.29) is 19.4 Å². The molecule has 0 saturated heterocycles. The molecule has 3 atom stereocenters. The summed E-state index contributed by atoms with van der Waals surface area (Å²) in [6, 6.07) is 0. The summed E-state index contributed by atoms with van der Waals surface area (Å²) in [7, 11) is -4.62. The third-order valence-corrected chi connectivity index (χ3v) is 11.1. The Labute approximate surface area is 348 Å². The fourth-order valence-electron chi connectivity index (χ4n) is 6.50. The van der Waals surface area contributed by atoms with Crippen molar-refractivity contribution in [2.24, 2.45) is 0 Å². The first kappa shape index (κ1) is 55.5. The van der Waals surface area contributed by atoms with Crippen molar-refractivity contribution in [1.29, 1.82) is 0 Å². The van der Waals surface area contributed by atoms with E-state index in [1.165, 1.54) is 128 Å². The zero-order valence-electron chi connectivity index (χ0n) is 36.6. The van der Waals surface area contributed by atoms with Gasteiger partial charge in [0.15, 0.2) is 6.10 Å². The highest BCUT2D eigenvalue weighted by Crippen LogP contribution is 2.43. The standard InChI is InChI=1S/C46H87O10P/c1-3-5-7-9-11-13-15-17-19-21-23-25-27-29-31-33-35-37-45(49)53-41-44(42-55-57(51,52)54-40-43(48)39-47)56-46(50)38-36-34-32-30-28-26-24-22-20-18-16-14-12-10-8-6-4-2/h11,13,17,19,43-44,47-48H,3-10,12,14-16,18,20-42H2,1-2H3,(H,51,52)/b13-11+,19-17+/t43-,44+/m0/s1. The van der Waals surface area contributed by atoms with Crippen LogP contribution in [0.1, 0.15) is 219 Å². The lowest BCUT2D eigenvalue weighted by molar-refractivity contribution is -0.161. The molecule has 0 amide bonds. The number of esters is 2. The van der Waals surface area contributed by atoms with Gasteiger partial charge in [0.1, 0.15) is 12.7 Å². The van der Waals surface area contributed by atoms with Crippen molar-refractivity contribution in [1.82, 2.24) is 0 Å². The van der Waals surface area contributed by atoms with Gasteiger partial charge in [-0.25, -0.2) is 4.57 Å². The smallest absolute Gasteiger partial charge is 0.462 e. The second-order valence-corrected chi connectivity index (χ2v) is 17.2. The summed E-state index contributed by atoms with van der Waals surface area (Å²) in [5.41, 5.74) is 0. The summed E-state index contributed by atoms with van der Waals surface area (Å²) in [5, 5.41) is 18.4. The van der Waals surface area contributed by atoms with Gasteiger partial charge in [0.2, 0.25) is 0 Å². The van der Waals surface area contributed by atoms with Gasteiger partial charge in [-0.05, 0) is 44.9 Å². The topological polar surface area (TPSA) is 149 Å². The van der Waals surface area contributed by atoms with Crippen LogP contribution >= 0.6 is 7.82 Å². The van der Waals surface area contributed by atoms with Gasteiger partial charge in [-0.2, -0.15) is 0 Å². The van der Waals surface area contributed by atoms with Crippen LogP contribution in [0.4, 0.5) is 0 Å². The highest BCUT2D eigenvalue weighted by Gasteiger charge is 2.27. The molecule has 1 unspecified atom stereocenters. The first-order valence-electron chi connectivity index (χ1n) is 23.3. The second kappa shape index (κ2) is 42.6. The highest BCUT2D eigenvalue weighted by molar-refractivity contribution is 7.47. The predicted octanol–water partition coefficient (Wildman–Crippen LogP) is 12.6. The van der Waals surface area contributed by atoms with E-state index in [1.807, 2.05) is 0 Å². The molecule has 0 aromatic rings. The largest absolute Gasteiger partial charge is 0.472 e. The lowest BCUT2D eigenvalue weighted by Gasteiger charge is -2.20. The Balaban J connectivity index is 4.24. The first-order chi connectivity index (χ1) is 27.7.